The molecule has 0 amide bonds. The van der Waals surface area contributed by atoms with Gasteiger partial charge in [-0.05, 0) is 29.9 Å². The molecule has 8 unspecified atom stereocenters. The van der Waals surface area contributed by atoms with Crippen LogP contribution in [0.4, 0.5) is 4.39 Å². The number of benzene rings is 1. The first-order valence-electron chi connectivity index (χ1n) is 7.88. The molecule has 2 aliphatic heterocycles. The highest BCUT2D eigenvalue weighted by molar-refractivity contribution is 5.45. The summed E-state index contributed by atoms with van der Waals surface area (Å²) in [5.41, 5.74) is -1.32. The van der Waals surface area contributed by atoms with Gasteiger partial charge < -0.3 is 0 Å². The molecule has 8 rings (SSSR count). The highest BCUT2D eigenvalue weighted by atomic mass is 19.1. The lowest BCUT2D eigenvalue weighted by Gasteiger charge is -2.93. The highest BCUT2D eigenvalue weighted by Gasteiger charge is 2.98. The number of nitrogens with zero attached hydrogens (tertiary/aromatic N) is 3. The smallest absolute Gasteiger partial charge is 0.245 e. The lowest BCUT2D eigenvalue weighted by Crippen LogP contribution is -2.98. The Morgan fingerprint density at radius 2 is 1.64 bits per heavy atom. The van der Waals surface area contributed by atoms with E-state index < -0.39 is 11.7 Å². The van der Waals surface area contributed by atoms with E-state index in [1.54, 1.807) is 28.9 Å². The van der Waals surface area contributed by atoms with Gasteiger partial charge in [-0.1, -0.05) is 18.2 Å². The van der Waals surface area contributed by atoms with E-state index in [-0.39, 0.29) is 29.3 Å². The van der Waals surface area contributed by atoms with Gasteiger partial charge in [0.25, 0.3) is 0 Å². The van der Waals surface area contributed by atoms with Crippen molar-refractivity contribution in [3.05, 3.63) is 51.3 Å². The molecule has 110 valence electrons. The van der Waals surface area contributed by atoms with Crippen molar-refractivity contribution >= 4 is 0 Å². The summed E-state index contributed by atoms with van der Waals surface area (Å²) in [5.74, 6) is 1.41. The van der Waals surface area contributed by atoms with Crippen LogP contribution in [0.25, 0.3) is 5.69 Å². The van der Waals surface area contributed by atoms with Gasteiger partial charge in [-0.25, -0.2) is 27.9 Å². The molecule has 3 heterocycles. The predicted octanol–water partition coefficient (Wildman–Crippen LogP) is 0.740. The average Bonchev–Trinajstić information content (AvgIpc) is 2.72. The van der Waals surface area contributed by atoms with Gasteiger partial charge >= 0.3 is 11.4 Å². The molecule has 5 nitrogen and oxygen atoms in total. The second-order valence-electron chi connectivity index (χ2n) is 7.47. The normalized spacial score (nSPS) is 50.1. The maximum absolute atomic E-state index is 15.2. The van der Waals surface area contributed by atoms with E-state index in [0.717, 1.165) is 0 Å². The van der Waals surface area contributed by atoms with Crippen LogP contribution in [0.1, 0.15) is 12.1 Å². The van der Waals surface area contributed by atoms with Crippen LogP contribution in [0.3, 0.4) is 0 Å². The van der Waals surface area contributed by atoms with Crippen molar-refractivity contribution in [3.63, 3.8) is 0 Å². The number of alkyl halides is 1. The summed E-state index contributed by atoms with van der Waals surface area (Å²) < 4.78 is 19.4. The zero-order valence-electron chi connectivity index (χ0n) is 11.5. The quantitative estimate of drug-likeness (QED) is 0.779. The van der Waals surface area contributed by atoms with Crippen LogP contribution in [-0.2, 0) is 0 Å². The second kappa shape index (κ2) is 2.64. The van der Waals surface area contributed by atoms with Crippen LogP contribution in [-0.4, -0.2) is 19.6 Å². The number of halogens is 1. The Balaban J connectivity index is 1.57. The minimum Gasteiger partial charge on any atom is -0.245 e. The Morgan fingerprint density at radius 3 is 2.36 bits per heavy atom. The maximum atomic E-state index is 15.2. The molecule has 2 aromatic rings. The first kappa shape index (κ1) is 10.6. The van der Waals surface area contributed by atoms with Crippen molar-refractivity contribution in [1.82, 2.24) is 13.9 Å². The Kier molecular flexibility index (Phi) is 1.27. The van der Waals surface area contributed by atoms with E-state index in [4.69, 9.17) is 0 Å². The number of aromatic nitrogens is 3. The summed E-state index contributed by atoms with van der Waals surface area (Å²) in [6, 6.07) is 8.45. The Hall–Kier alpha value is -2.11. The summed E-state index contributed by atoms with van der Waals surface area (Å²) in [7, 11) is 0. The van der Waals surface area contributed by atoms with E-state index in [9.17, 15) is 9.59 Å². The summed E-state index contributed by atoms with van der Waals surface area (Å²) in [6.45, 7) is 0. The van der Waals surface area contributed by atoms with Crippen molar-refractivity contribution in [1.29, 1.82) is 0 Å². The van der Waals surface area contributed by atoms with Crippen LogP contribution >= 0.6 is 0 Å². The second-order valence-corrected chi connectivity index (χ2v) is 7.47. The Bertz CT molecular complexity index is 1000. The van der Waals surface area contributed by atoms with Gasteiger partial charge in [0.15, 0.2) is 0 Å². The van der Waals surface area contributed by atoms with Gasteiger partial charge in [0.2, 0.25) is 0 Å². The van der Waals surface area contributed by atoms with Gasteiger partial charge in [0, 0.05) is 11.8 Å². The predicted molar refractivity (Wildman–Crippen MR) is 73.7 cm³/mol. The molecule has 6 heteroatoms. The molecule has 6 aliphatic rings. The first-order valence-corrected chi connectivity index (χ1v) is 7.88. The number of rotatable bonds is 1. The zero-order valence-corrected chi connectivity index (χ0v) is 11.5. The summed E-state index contributed by atoms with van der Waals surface area (Å²) in [6.07, 6.45) is 0. The van der Waals surface area contributed by atoms with Crippen molar-refractivity contribution in [2.45, 2.75) is 17.8 Å². The van der Waals surface area contributed by atoms with Gasteiger partial charge in [0.1, 0.15) is 5.67 Å². The minimum atomic E-state index is -1.20. The topological polar surface area (TPSA) is 48.9 Å². The third-order valence-electron chi connectivity index (χ3n) is 7.30. The van der Waals surface area contributed by atoms with Crippen molar-refractivity contribution in [2.24, 2.45) is 29.6 Å². The molecule has 4 saturated carbocycles. The van der Waals surface area contributed by atoms with E-state index in [2.05, 4.69) is 0 Å². The van der Waals surface area contributed by atoms with E-state index in [0.29, 0.717) is 23.4 Å². The maximum Gasteiger partial charge on any atom is 0.352 e. The van der Waals surface area contributed by atoms with Gasteiger partial charge in [-0.3, -0.25) is 0 Å². The number of hydrogen-bond acceptors (Lipinski definition) is 2. The van der Waals surface area contributed by atoms with E-state index in [1.807, 2.05) is 6.07 Å². The summed E-state index contributed by atoms with van der Waals surface area (Å²) in [4.78, 5) is 25.6. The molecule has 0 spiro atoms. The molecule has 4 fully saturated rings. The fourth-order valence-corrected chi connectivity index (χ4v) is 6.77. The molecule has 0 saturated heterocycles. The van der Waals surface area contributed by atoms with Crippen LogP contribution < -0.4 is 11.4 Å². The molecule has 2 bridgehead atoms. The molecular formula is C16H12FN3O2. The fraction of sp³-hybridized carbons (Fsp3) is 0.500. The van der Waals surface area contributed by atoms with Crippen LogP contribution in [0.15, 0.2) is 39.9 Å². The van der Waals surface area contributed by atoms with Gasteiger partial charge in [-0.15, -0.1) is 0 Å². The highest BCUT2D eigenvalue weighted by Crippen LogP contribution is 2.94. The SMILES string of the molecule is O=c1n(-c2ccccc2)c(=O)n2n1C1C3C4C5C3C2C5(F)C41. The van der Waals surface area contributed by atoms with Crippen molar-refractivity contribution in [2.75, 3.05) is 0 Å². The zero-order chi connectivity index (χ0) is 14.5. The fourth-order valence-electron chi connectivity index (χ4n) is 6.77. The minimum absolute atomic E-state index is 0.0128. The van der Waals surface area contributed by atoms with Crippen LogP contribution in [0.2, 0.25) is 0 Å². The molecule has 0 N–H and O–H groups in total. The Morgan fingerprint density at radius 1 is 0.909 bits per heavy atom. The van der Waals surface area contributed by atoms with E-state index >= 15 is 4.39 Å². The van der Waals surface area contributed by atoms with Crippen molar-refractivity contribution < 1.29 is 4.39 Å². The molecular weight excluding hydrogens is 285 g/mol. The molecule has 4 aliphatic carbocycles. The molecule has 22 heavy (non-hydrogen) atoms. The van der Waals surface area contributed by atoms with Gasteiger partial charge in [-0.2, -0.15) is 0 Å². The van der Waals surface area contributed by atoms with Crippen LogP contribution in [0.5, 0.6) is 0 Å². The summed E-state index contributed by atoms with van der Waals surface area (Å²) >= 11 is 0. The first-order chi connectivity index (χ1) is 10.7. The number of hydrogen-bond donors (Lipinski definition) is 0. The molecule has 1 aromatic carbocycles. The van der Waals surface area contributed by atoms with Crippen molar-refractivity contribution in [3.8, 4) is 5.69 Å². The standard InChI is InChI=1S/C16H12FN3O2/c17-16-10-8-7-9(10)13(16)20-15(22)18(6-4-2-1-3-5-6)14(21)19(20)12(7)11(8)16/h1-5,7-13H. The lowest BCUT2D eigenvalue weighted by molar-refractivity contribution is -0.495. The van der Waals surface area contributed by atoms with Gasteiger partial charge in [0.05, 0.1) is 17.8 Å². The molecule has 8 atom stereocenters. The summed E-state index contributed by atoms with van der Waals surface area (Å²) in [5, 5.41) is 0. The van der Waals surface area contributed by atoms with Crippen LogP contribution in [0, 0.1) is 29.6 Å². The third kappa shape index (κ3) is 0.661. The molecule has 1 aromatic heterocycles. The monoisotopic (exact) mass is 297 g/mol. The lowest BCUT2D eigenvalue weighted by atomic mass is 9.15. The van der Waals surface area contributed by atoms with E-state index in [1.165, 1.54) is 9.25 Å². The largest absolute Gasteiger partial charge is 0.352 e. The third-order valence-corrected chi connectivity index (χ3v) is 7.30. The number of para-hydroxylation sites is 1. The average molecular weight is 297 g/mol. The molecule has 0 radical (unpaired) electrons. The Labute approximate surface area is 123 Å².